The molecule has 0 amide bonds. The van der Waals surface area contributed by atoms with Crippen LogP contribution in [0.15, 0.2) is 0 Å². The molecule has 0 rings (SSSR count). The summed E-state index contributed by atoms with van der Waals surface area (Å²) in [6, 6.07) is -0.927. The van der Waals surface area contributed by atoms with Crippen molar-refractivity contribution in [3.63, 3.8) is 0 Å². The van der Waals surface area contributed by atoms with Crippen LogP contribution in [-0.4, -0.2) is 56.9 Å². The monoisotopic (exact) mass is 458 g/mol. The summed E-state index contributed by atoms with van der Waals surface area (Å²) in [6.07, 6.45) is 0. The molecule has 0 saturated heterocycles. The van der Waals surface area contributed by atoms with E-state index in [0.29, 0.717) is 0 Å². The van der Waals surface area contributed by atoms with Gasteiger partial charge in [0.15, 0.2) is 5.96 Å². The molecule has 0 bridgehead atoms. The third-order valence-electron chi connectivity index (χ3n) is 0.867. The van der Waals surface area contributed by atoms with E-state index >= 15 is 0 Å². The maximum Gasteiger partial charge on any atom is 1.00 e. The van der Waals surface area contributed by atoms with Gasteiger partial charge in [-0.05, 0) is 6.92 Å². The van der Waals surface area contributed by atoms with Crippen LogP contribution in [0.5, 0.6) is 0 Å². The number of carboxylic acid groups (broad SMARTS) is 1. The first-order chi connectivity index (χ1) is 9.95. The van der Waals surface area contributed by atoms with E-state index in [9.17, 15) is 9.90 Å². The molecule has 0 heterocycles. The van der Waals surface area contributed by atoms with E-state index in [-0.39, 0.29) is 41.3 Å². The van der Waals surface area contributed by atoms with Crippen LogP contribution in [-0.2, 0) is 45.3 Å². The number of carbonyl (C=O) groups excluding carboxylic acids is 1. The first-order valence-corrected chi connectivity index (χ1v) is 10.4. The second-order valence-electron chi connectivity index (χ2n) is 2.95. The molecule has 18 heteroatoms. The van der Waals surface area contributed by atoms with Gasteiger partial charge < -0.3 is 26.7 Å². The van der Waals surface area contributed by atoms with Crippen LogP contribution in [0.4, 0.5) is 0 Å². The fourth-order valence-electron chi connectivity index (χ4n) is 0.265. The second kappa shape index (κ2) is 19.9. The number of thiol groups is 1. The smallest absolute Gasteiger partial charge is 0.548 e. The number of rotatable bonds is 3. The van der Waals surface area contributed by atoms with E-state index in [4.69, 9.17) is 43.5 Å². The average Bonchev–Trinajstić information content (AvgIpc) is 2.23. The Bertz CT molecular complexity index is 481. The van der Waals surface area contributed by atoms with Crippen molar-refractivity contribution in [2.45, 2.75) is 13.0 Å². The Hall–Kier alpha value is 0.630. The molecule has 0 saturated carbocycles. The van der Waals surface area contributed by atoms with E-state index in [0.717, 1.165) is 6.54 Å². The normalized spacial score (nSPS) is 10.6. The molecular weight excluding hydrogens is 439 g/mol. The van der Waals surface area contributed by atoms with Gasteiger partial charge in [0.2, 0.25) is 0 Å². The van der Waals surface area contributed by atoms with Crippen LogP contribution in [0.1, 0.15) is 6.92 Å². The quantitative estimate of drug-likeness (QED) is 0.0828. The number of guanidine groups is 1. The van der Waals surface area contributed by atoms with Gasteiger partial charge in [0.25, 0.3) is 18.1 Å². The van der Waals surface area contributed by atoms with E-state index in [1.54, 1.807) is 0 Å². The Morgan fingerprint density at radius 2 is 1.54 bits per heavy atom. The predicted octanol–water partition coefficient (Wildman–Crippen LogP) is -6.16. The Morgan fingerprint density at radius 1 is 1.29 bits per heavy atom. The molecule has 0 aromatic heterocycles. The third-order valence-corrected chi connectivity index (χ3v) is 1.26. The van der Waals surface area contributed by atoms with Crippen LogP contribution in [0.2, 0.25) is 0 Å². The summed E-state index contributed by atoms with van der Waals surface area (Å²) in [4.78, 5) is 9.65. The fraction of sp³-hybridized carbons (Fsp3) is 0.667. The molecule has 0 aliphatic heterocycles. The number of carboxylic acids is 1. The molecule has 0 aliphatic carbocycles. The van der Waals surface area contributed by atoms with Gasteiger partial charge in [-0.25, -0.2) is 0 Å². The Kier molecular flexibility index (Phi) is 29.7. The minimum Gasteiger partial charge on any atom is -0.548 e. The summed E-state index contributed by atoms with van der Waals surface area (Å²) >= 11 is 10.5. The molecule has 10 N–H and O–H groups in total. The van der Waals surface area contributed by atoms with E-state index in [2.05, 4.69) is 40.3 Å². The summed E-state index contributed by atoms with van der Waals surface area (Å²) in [5.41, 5.74) is 9.75. The summed E-state index contributed by atoms with van der Waals surface area (Å²) in [5.74, 6) is -1.09. The Balaban J connectivity index is -0.0000000666. The van der Waals surface area contributed by atoms with Gasteiger partial charge in [-0.15, -0.1) is 0 Å². The number of aliphatic carboxylic acids is 1. The van der Waals surface area contributed by atoms with Crippen LogP contribution in [0, 0.1) is 5.41 Å². The number of carbonyl (C=O) groups is 1. The largest absolute Gasteiger partial charge is 1.00 e. The molecule has 0 aliphatic rings. The Morgan fingerprint density at radius 3 is 1.54 bits per heavy atom. The zero-order valence-corrected chi connectivity index (χ0v) is 18.8. The maximum absolute atomic E-state index is 9.65. The summed E-state index contributed by atoms with van der Waals surface area (Å²) in [6.45, 7) is 2.62. The van der Waals surface area contributed by atoms with Gasteiger partial charge in [0.05, 0.1) is 12.0 Å². The SMILES string of the molecule is CCNC(=N)N.N[C@@H](CS)C(=O)[O-].O=S(O)(O)=S.O=S(O)(O)=S.[Na+]. The molecule has 0 aromatic rings. The first-order valence-electron chi connectivity index (χ1n) is 5.00. The van der Waals surface area contributed by atoms with E-state index in [1.165, 1.54) is 0 Å². The van der Waals surface area contributed by atoms with Crippen molar-refractivity contribution in [3.8, 4) is 0 Å². The molecule has 0 unspecified atom stereocenters. The van der Waals surface area contributed by atoms with Crippen molar-refractivity contribution >= 4 is 65.0 Å². The minimum absolute atomic E-state index is 0. The number of hydrogen-bond donors (Lipinski definition) is 9. The fourth-order valence-corrected chi connectivity index (χ4v) is 0.414. The molecule has 1 atom stereocenters. The van der Waals surface area contributed by atoms with Crippen LogP contribution < -0.4 is 51.4 Å². The standard InChI is InChI=1S/C3H9N3.C3H7NO2S.Na.2H2O3S2/c1-2-6-3(4)5;4-2(1-7)3(5)6;;2*1-5(2,3)4/h2H2,1H3,(H4,4,5,6);2,7H,1,4H2,(H,5,6);;2*(H2,1,2,3,4)/q;;+1;;/p-1/t;2-;;;/m.0.../s1. The predicted molar refractivity (Wildman–Crippen MR) is 94.0 cm³/mol. The molecule has 12 nitrogen and oxygen atoms in total. The van der Waals surface area contributed by atoms with Crippen molar-refractivity contribution in [3.05, 3.63) is 0 Å². The van der Waals surface area contributed by atoms with Crippen molar-refractivity contribution in [1.82, 2.24) is 5.32 Å². The molecular formula is C6H19N4NaO8S5. The maximum atomic E-state index is 9.65. The zero-order chi connectivity index (χ0) is 19.9. The summed E-state index contributed by atoms with van der Waals surface area (Å²) < 4.78 is 47.9. The number of hydrogen-bond acceptors (Lipinski definition) is 9. The van der Waals surface area contributed by atoms with Crippen LogP contribution in [0.3, 0.4) is 0 Å². The zero-order valence-electron chi connectivity index (χ0n) is 12.6. The first kappa shape index (κ1) is 35.7. The van der Waals surface area contributed by atoms with Crippen LogP contribution in [0.25, 0.3) is 0 Å². The Labute approximate surface area is 177 Å². The molecule has 142 valence electrons. The average molecular weight is 459 g/mol. The van der Waals surface area contributed by atoms with Crippen molar-refractivity contribution < 1.29 is 66.1 Å². The molecule has 0 spiro atoms. The molecule has 24 heavy (non-hydrogen) atoms. The van der Waals surface area contributed by atoms with Crippen molar-refractivity contribution in [1.29, 1.82) is 5.41 Å². The van der Waals surface area contributed by atoms with Gasteiger partial charge in [0.1, 0.15) is 0 Å². The van der Waals surface area contributed by atoms with E-state index in [1.807, 2.05) is 6.92 Å². The summed E-state index contributed by atoms with van der Waals surface area (Å²) in [5, 5.41) is 18.8. The number of nitrogens with two attached hydrogens (primary N) is 2. The number of nitrogens with one attached hydrogen (secondary N) is 2. The van der Waals surface area contributed by atoms with E-state index < -0.39 is 30.1 Å². The van der Waals surface area contributed by atoms with Gasteiger partial charge in [-0.1, -0.05) is 0 Å². The third kappa shape index (κ3) is 114. The van der Waals surface area contributed by atoms with Crippen molar-refractivity contribution in [2.24, 2.45) is 11.5 Å². The van der Waals surface area contributed by atoms with Gasteiger partial charge in [-0.2, -0.15) is 21.0 Å². The van der Waals surface area contributed by atoms with Crippen LogP contribution >= 0.6 is 12.6 Å². The topological polar surface area (TPSA) is 243 Å². The van der Waals surface area contributed by atoms with Crippen molar-refractivity contribution in [2.75, 3.05) is 12.3 Å². The molecule has 0 aromatic carbocycles. The van der Waals surface area contributed by atoms with Gasteiger partial charge >= 0.3 is 29.6 Å². The molecule has 0 radical (unpaired) electrons. The minimum atomic E-state index is -3.83. The summed E-state index contributed by atoms with van der Waals surface area (Å²) in [7, 11) is -7.67. The second-order valence-corrected chi connectivity index (χ2v) is 7.71. The van der Waals surface area contributed by atoms with Gasteiger partial charge in [-0.3, -0.25) is 23.6 Å². The van der Waals surface area contributed by atoms with Gasteiger partial charge in [0, 0.05) is 34.7 Å². The molecule has 0 fully saturated rings.